The molecule has 0 heterocycles. The van der Waals surface area contributed by atoms with Crippen LogP contribution in [0, 0.1) is 0 Å². The minimum Gasteiger partial charge on any atom is -0.367 e. The Morgan fingerprint density at radius 2 is 2.07 bits per heavy atom. The van der Waals surface area contributed by atoms with Gasteiger partial charge in [0.25, 0.3) is 0 Å². The van der Waals surface area contributed by atoms with Crippen LogP contribution in [0.1, 0.15) is 13.3 Å². The quantitative estimate of drug-likeness (QED) is 0.565. The number of Topliss-reactive ketones (excluding diaryl/α,β-unsaturated/α-hetero) is 1. The number of ether oxygens (including phenoxy) is 1. The number of nitrogens with two attached hydrogens (primary N) is 2. The second-order valence-electron chi connectivity index (χ2n) is 2.90. The molecule has 0 rings (SSSR count). The summed E-state index contributed by atoms with van der Waals surface area (Å²) in [6.07, 6.45) is -1.00. The lowest BCUT2D eigenvalue weighted by atomic mass is 10.1. The van der Waals surface area contributed by atoms with Crippen molar-refractivity contribution in [2.75, 3.05) is 13.3 Å². The van der Waals surface area contributed by atoms with E-state index in [0.717, 1.165) is 0 Å². The highest BCUT2D eigenvalue weighted by molar-refractivity contribution is 5.83. The van der Waals surface area contributed by atoms with Crippen molar-refractivity contribution in [2.45, 2.75) is 25.5 Å². The van der Waals surface area contributed by atoms with Crippen molar-refractivity contribution in [3.63, 3.8) is 0 Å². The number of primary amides is 1. The third-order valence-electron chi connectivity index (χ3n) is 1.70. The van der Waals surface area contributed by atoms with Gasteiger partial charge in [-0.05, 0) is 6.92 Å². The largest absolute Gasteiger partial charge is 0.367 e. The molecular weight excluding hydrogens is 190 g/mol. The molecule has 0 aromatic carbocycles. The number of alkyl halides is 1. The molecule has 2 unspecified atom stereocenters. The fourth-order valence-electron chi connectivity index (χ4n) is 0.850. The molecule has 0 aliphatic rings. The smallest absolute Gasteiger partial charge is 0.246 e. The summed E-state index contributed by atoms with van der Waals surface area (Å²) in [5.41, 5.74) is 10.4. The number of hydrogen-bond acceptors (Lipinski definition) is 4. The normalized spacial score (nSPS) is 14.8. The Balaban J connectivity index is 4.08. The molecule has 4 N–H and O–H groups in total. The SMILES string of the molecule is CC(=O)C(N)CC(OCC[18F])C(N)=O. The number of ketones is 1. The predicted octanol–water partition coefficient (Wildman–Crippen LogP) is -0.867. The Hall–Kier alpha value is -1.01. The third-order valence-corrected chi connectivity index (χ3v) is 1.70. The maximum atomic E-state index is 11.7. The van der Waals surface area contributed by atoms with Crippen LogP contribution in [-0.2, 0) is 14.3 Å². The van der Waals surface area contributed by atoms with Crippen LogP contribution in [0.2, 0.25) is 0 Å². The van der Waals surface area contributed by atoms with Gasteiger partial charge in [0, 0.05) is 6.42 Å². The van der Waals surface area contributed by atoms with Gasteiger partial charge in [-0.15, -0.1) is 0 Å². The van der Waals surface area contributed by atoms with Gasteiger partial charge in [-0.3, -0.25) is 9.59 Å². The molecule has 2 atom stereocenters. The lowest BCUT2D eigenvalue weighted by molar-refractivity contribution is -0.131. The Morgan fingerprint density at radius 1 is 1.50 bits per heavy atom. The first-order chi connectivity index (χ1) is 6.49. The van der Waals surface area contributed by atoms with Gasteiger partial charge in [0.15, 0.2) is 0 Å². The fourth-order valence-corrected chi connectivity index (χ4v) is 0.850. The number of carbonyl (C=O) groups is 2. The van der Waals surface area contributed by atoms with Gasteiger partial charge in [0.1, 0.15) is 18.6 Å². The van der Waals surface area contributed by atoms with Gasteiger partial charge in [-0.2, -0.15) is 0 Å². The molecule has 0 spiro atoms. The fraction of sp³-hybridized carbons (Fsp3) is 0.750. The lowest BCUT2D eigenvalue weighted by Gasteiger charge is -2.16. The minimum atomic E-state index is -0.996. The van der Waals surface area contributed by atoms with Crippen LogP contribution in [0.4, 0.5) is 4.39 Å². The molecule has 0 saturated carbocycles. The molecule has 5 nitrogen and oxygen atoms in total. The number of amides is 1. The Labute approximate surface area is 81.6 Å². The standard InChI is InChI=1S/C8H15FN2O3/c1-5(12)6(10)4-7(8(11)13)14-3-2-9/h6-7H,2-4,10H2,1H3,(H2,11,13)/i9-1. The van der Waals surface area contributed by atoms with Crippen LogP contribution < -0.4 is 11.5 Å². The van der Waals surface area contributed by atoms with E-state index in [9.17, 15) is 14.0 Å². The van der Waals surface area contributed by atoms with Crippen molar-refractivity contribution in [1.29, 1.82) is 0 Å². The van der Waals surface area contributed by atoms with Gasteiger partial charge >= 0.3 is 0 Å². The van der Waals surface area contributed by atoms with Crippen molar-refractivity contribution in [2.24, 2.45) is 11.5 Å². The molecule has 82 valence electrons. The van der Waals surface area contributed by atoms with E-state index >= 15 is 0 Å². The van der Waals surface area contributed by atoms with E-state index in [1.54, 1.807) is 0 Å². The number of carbonyl (C=O) groups excluding carboxylic acids is 2. The molecule has 0 aromatic heterocycles. The van der Waals surface area contributed by atoms with E-state index in [2.05, 4.69) is 0 Å². The monoisotopic (exact) mass is 205 g/mol. The molecule has 1 amide bonds. The van der Waals surface area contributed by atoms with Crippen LogP contribution in [-0.4, -0.2) is 37.1 Å². The minimum absolute atomic E-state index is 0.00926. The lowest BCUT2D eigenvalue weighted by Crippen LogP contribution is -2.40. The van der Waals surface area contributed by atoms with Crippen LogP contribution in [0.25, 0.3) is 0 Å². The zero-order valence-electron chi connectivity index (χ0n) is 8.03. The second kappa shape index (κ2) is 6.44. The Bertz CT molecular complexity index is 211. The van der Waals surface area contributed by atoms with Crippen molar-refractivity contribution in [1.82, 2.24) is 0 Å². The Kier molecular flexibility index (Phi) is 5.98. The summed E-state index contributed by atoms with van der Waals surface area (Å²) in [5.74, 6) is -1.00. The highest BCUT2D eigenvalue weighted by Crippen LogP contribution is 2.02. The van der Waals surface area contributed by atoms with E-state index in [1.165, 1.54) is 6.92 Å². The highest BCUT2D eigenvalue weighted by atomic mass is 18.2. The van der Waals surface area contributed by atoms with E-state index in [1.807, 2.05) is 0 Å². The molecule has 0 aliphatic carbocycles. The van der Waals surface area contributed by atoms with E-state index in [-0.39, 0.29) is 18.8 Å². The zero-order chi connectivity index (χ0) is 11.1. The zero-order valence-corrected chi connectivity index (χ0v) is 8.03. The maximum Gasteiger partial charge on any atom is 0.246 e. The maximum absolute atomic E-state index is 11.7. The van der Waals surface area contributed by atoms with Crippen LogP contribution in [0.5, 0.6) is 0 Å². The van der Waals surface area contributed by atoms with Crippen molar-refractivity contribution < 1.29 is 18.7 Å². The van der Waals surface area contributed by atoms with Crippen LogP contribution in [0.15, 0.2) is 0 Å². The first-order valence-corrected chi connectivity index (χ1v) is 4.22. The van der Waals surface area contributed by atoms with Crippen LogP contribution >= 0.6 is 0 Å². The molecular formula is C8H15FN2O3. The van der Waals surface area contributed by atoms with Gasteiger partial charge in [-0.1, -0.05) is 0 Å². The molecule has 14 heavy (non-hydrogen) atoms. The predicted molar refractivity (Wildman–Crippen MR) is 48.2 cm³/mol. The summed E-state index contributed by atoms with van der Waals surface area (Å²) in [6.45, 7) is 0.370. The molecule has 0 radical (unpaired) electrons. The molecule has 0 bridgehead atoms. The summed E-state index contributed by atoms with van der Waals surface area (Å²) in [6, 6.07) is -0.799. The average molecular weight is 205 g/mol. The number of hydrogen-bond donors (Lipinski definition) is 2. The van der Waals surface area contributed by atoms with Gasteiger partial charge in [-0.25, -0.2) is 4.39 Å². The first-order valence-electron chi connectivity index (χ1n) is 4.22. The summed E-state index contributed by atoms with van der Waals surface area (Å²) in [5, 5.41) is 0. The summed E-state index contributed by atoms with van der Waals surface area (Å²) < 4.78 is 16.5. The third kappa shape index (κ3) is 4.88. The van der Waals surface area contributed by atoms with E-state index < -0.39 is 24.7 Å². The number of rotatable bonds is 7. The van der Waals surface area contributed by atoms with Crippen molar-refractivity contribution in [3.8, 4) is 0 Å². The highest BCUT2D eigenvalue weighted by Gasteiger charge is 2.21. The van der Waals surface area contributed by atoms with E-state index in [4.69, 9.17) is 16.2 Å². The first kappa shape index (κ1) is 13.0. The second-order valence-corrected chi connectivity index (χ2v) is 2.90. The molecule has 6 heteroatoms. The molecule has 0 fully saturated rings. The summed E-state index contributed by atoms with van der Waals surface area (Å²) in [7, 11) is 0. The van der Waals surface area contributed by atoms with E-state index in [0.29, 0.717) is 0 Å². The van der Waals surface area contributed by atoms with Gasteiger partial charge in [0.2, 0.25) is 5.91 Å². The summed E-state index contributed by atoms with van der Waals surface area (Å²) in [4.78, 5) is 21.5. The van der Waals surface area contributed by atoms with Gasteiger partial charge < -0.3 is 16.2 Å². The van der Waals surface area contributed by atoms with Crippen molar-refractivity contribution in [3.05, 3.63) is 0 Å². The molecule has 0 saturated heterocycles. The molecule has 0 aromatic rings. The van der Waals surface area contributed by atoms with Crippen LogP contribution in [0.3, 0.4) is 0 Å². The van der Waals surface area contributed by atoms with Gasteiger partial charge in [0.05, 0.1) is 12.6 Å². The summed E-state index contributed by atoms with van der Waals surface area (Å²) >= 11 is 0. The average Bonchev–Trinajstić information content (AvgIpc) is 2.10. The van der Waals surface area contributed by atoms with Crippen molar-refractivity contribution >= 4 is 11.7 Å². The molecule has 0 aliphatic heterocycles. The Morgan fingerprint density at radius 3 is 2.43 bits per heavy atom. The topological polar surface area (TPSA) is 95.4 Å². The number of halogens is 1.